The van der Waals surface area contributed by atoms with E-state index < -0.39 is 0 Å². The molecule has 0 amide bonds. The lowest BCUT2D eigenvalue weighted by Gasteiger charge is -2.02. The van der Waals surface area contributed by atoms with Crippen molar-refractivity contribution in [2.24, 2.45) is 12.8 Å². The van der Waals surface area contributed by atoms with Gasteiger partial charge in [-0.2, -0.15) is 0 Å². The zero-order valence-electron chi connectivity index (χ0n) is 8.27. The summed E-state index contributed by atoms with van der Waals surface area (Å²) in [6.07, 6.45) is 3.28. The van der Waals surface area contributed by atoms with E-state index in [1.54, 1.807) is 17.1 Å². The molecule has 2 rings (SSSR count). The number of aromatic amines is 1. The molecule has 0 saturated carbocycles. The van der Waals surface area contributed by atoms with E-state index >= 15 is 0 Å². The molecule has 2 aromatic heterocycles. The van der Waals surface area contributed by atoms with Crippen molar-refractivity contribution in [2.75, 3.05) is 0 Å². The summed E-state index contributed by atoms with van der Waals surface area (Å²) < 4.78 is 1.78. The van der Waals surface area contributed by atoms with E-state index in [4.69, 9.17) is 5.73 Å². The van der Waals surface area contributed by atoms with Crippen molar-refractivity contribution in [3.8, 4) is 11.5 Å². The number of hydrogen-bond donors (Lipinski definition) is 2. The van der Waals surface area contributed by atoms with E-state index in [9.17, 15) is 4.79 Å². The maximum Gasteiger partial charge on any atom is 0.251 e. The van der Waals surface area contributed by atoms with E-state index in [0.717, 1.165) is 5.69 Å². The van der Waals surface area contributed by atoms with E-state index in [2.05, 4.69) is 15.0 Å². The normalized spacial score (nSPS) is 10.5. The Hall–Kier alpha value is -1.95. The molecular weight excluding hydrogens is 194 g/mol. The first kappa shape index (κ1) is 9.60. The van der Waals surface area contributed by atoms with Crippen molar-refractivity contribution < 1.29 is 0 Å². The third-order valence-corrected chi connectivity index (χ3v) is 2.06. The van der Waals surface area contributed by atoms with Gasteiger partial charge in [0.15, 0.2) is 5.82 Å². The molecule has 0 spiro atoms. The van der Waals surface area contributed by atoms with Gasteiger partial charge in [-0.05, 0) is 0 Å². The number of rotatable bonds is 2. The van der Waals surface area contributed by atoms with Crippen LogP contribution in [0.25, 0.3) is 11.5 Å². The zero-order chi connectivity index (χ0) is 10.8. The largest absolute Gasteiger partial charge is 0.331 e. The van der Waals surface area contributed by atoms with Crippen molar-refractivity contribution in [2.45, 2.75) is 6.54 Å². The smallest absolute Gasteiger partial charge is 0.251 e. The van der Waals surface area contributed by atoms with Gasteiger partial charge in [-0.1, -0.05) is 0 Å². The van der Waals surface area contributed by atoms with E-state index in [1.807, 2.05) is 7.05 Å². The van der Waals surface area contributed by atoms with Crippen molar-refractivity contribution >= 4 is 0 Å². The highest BCUT2D eigenvalue weighted by atomic mass is 16.1. The summed E-state index contributed by atoms with van der Waals surface area (Å²) in [5, 5.41) is 0. The van der Waals surface area contributed by atoms with Crippen LogP contribution < -0.4 is 11.3 Å². The quantitative estimate of drug-likeness (QED) is 0.700. The van der Waals surface area contributed by atoms with Gasteiger partial charge in [0.1, 0.15) is 5.69 Å². The van der Waals surface area contributed by atoms with Crippen LogP contribution in [0.3, 0.4) is 0 Å². The molecule has 6 heteroatoms. The number of nitrogens with zero attached hydrogens (tertiary/aromatic N) is 3. The lowest BCUT2D eigenvalue weighted by molar-refractivity contribution is 0.891. The lowest BCUT2D eigenvalue weighted by Crippen LogP contribution is -2.13. The van der Waals surface area contributed by atoms with Gasteiger partial charge in [0, 0.05) is 19.7 Å². The first-order chi connectivity index (χ1) is 7.20. The summed E-state index contributed by atoms with van der Waals surface area (Å²) in [4.78, 5) is 22.1. The highest BCUT2D eigenvalue weighted by Gasteiger charge is 2.06. The van der Waals surface area contributed by atoms with Crippen molar-refractivity contribution in [1.82, 2.24) is 19.5 Å². The molecular formula is C9H11N5O. The van der Waals surface area contributed by atoms with Crippen LogP contribution in [0.15, 0.2) is 23.4 Å². The Morgan fingerprint density at radius 3 is 3.00 bits per heavy atom. The van der Waals surface area contributed by atoms with Gasteiger partial charge in [-0.15, -0.1) is 0 Å². The van der Waals surface area contributed by atoms with Gasteiger partial charge < -0.3 is 15.3 Å². The molecule has 0 aromatic carbocycles. The Bertz CT molecular complexity index is 527. The fraction of sp³-hybridized carbons (Fsp3) is 0.222. The summed E-state index contributed by atoms with van der Waals surface area (Å²) >= 11 is 0. The highest BCUT2D eigenvalue weighted by molar-refractivity contribution is 5.47. The maximum absolute atomic E-state index is 11.3. The Balaban J connectivity index is 2.58. The standard InChI is InChI=1S/C9H11N5O/c1-14-5-11-4-7(14)9-12-6(3-10)2-8(15)13-9/h2,4-5H,3,10H2,1H3,(H,12,13,15). The number of hydrogen-bond acceptors (Lipinski definition) is 4. The van der Waals surface area contributed by atoms with Gasteiger partial charge >= 0.3 is 0 Å². The average Bonchev–Trinajstić information content (AvgIpc) is 2.63. The van der Waals surface area contributed by atoms with Crippen molar-refractivity contribution in [3.05, 3.63) is 34.6 Å². The molecule has 0 fully saturated rings. The first-order valence-corrected chi connectivity index (χ1v) is 4.47. The van der Waals surface area contributed by atoms with Crippen LogP contribution in [0, 0.1) is 0 Å². The summed E-state index contributed by atoms with van der Waals surface area (Å²) in [6.45, 7) is 0.245. The van der Waals surface area contributed by atoms with Crippen LogP contribution in [0.2, 0.25) is 0 Å². The van der Waals surface area contributed by atoms with E-state index in [1.165, 1.54) is 6.07 Å². The fourth-order valence-electron chi connectivity index (χ4n) is 1.32. The Kier molecular flexibility index (Phi) is 2.34. The van der Waals surface area contributed by atoms with Crippen LogP contribution >= 0.6 is 0 Å². The second kappa shape index (κ2) is 3.66. The molecule has 2 heterocycles. The third-order valence-electron chi connectivity index (χ3n) is 2.06. The molecule has 0 aliphatic heterocycles. The number of aromatic nitrogens is 4. The molecule has 6 nitrogen and oxygen atoms in total. The topological polar surface area (TPSA) is 89.6 Å². The Morgan fingerprint density at radius 1 is 1.60 bits per heavy atom. The molecule has 0 bridgehead atoms. The van der Waals surface area contributed by atoms with Gasteiger partial charge in [-0.25, -0.2) is 9.97 Å². The number of imidazole rings is 1. The van der Waals surface area contributed by atoms with Gasteiger partial charge in [-0.3, -0.25) is 4.79 Å². The summed E-state index contributed by atoms with van der Waals surface area (Å²) in [5.74, 6) is 0.489. The zero-order valence-corrected chi connectivity index (χ0v) is 8.27. The minimum Gasteiger partial charge on any atom is -0.331 e. The Morgan fingerprint density at radius 2 is 2.40 bits per heavy atom. The predicted molar refractivity (Wildman–Crippen MR) is 55.0 cm³/mol. The van der Waals surface area contributed by atoms with Crippen LogP contribution in [-0.2, 0) is 13.6 Å². The molecule has 0 aliphatic rings. The molecule has 3 N–H and O–H groups in total. The molecule has 0 aliphatic carbocycles. The summed E-state index contributed by atoms with van der Waals surface area (Å²) in [7, 11) is 1.83. The Labute approximate surface area is 85.8 Å². The van der Waals surface area contributed by atoms with Crippen molar-refractivity contribution in [3.63, 3.8) is 0 Å². The predicted octanol–water partition coefficient (Wildman–Crippen LogP) is -0.371. The minimum atomic E-state index is -0.207. The van der Waals surface area contributed by atoms with Crippen LogP contribution in [-0.4, -0.2) is 19.5 Å². The van der Waals surface area contributed by atoms with E-state index in [-0.39, 0.29) is 12.1 Å². The van der Waals surface area contributed by atoms with Gasteiger partial charge in [0.05, 0.1) is 18.2 Å². The number of nitrogens with one attached hydrogen (secondary N) is 1. The fourth-order valence-corrected chi connectivity index (χ4v) is 1.32. The molecule has 0 unspecified atom stereocenters. The second-order valence-electron chi connectivity index (χ2n) is 3.18. The SMILES string of the molecule is Cn1cncc1-c1nc(CN)cc(=O)[nH]1. The summed E-state index contributed by atoms with van der Waals surface area (Å²) in [6, 6.07) is 1.39. The molecule has 15 heavy (non-hydrogen) atoms. The van der Waals surface area contributed by atoms with Crippen LogP contribution in [0.5, 0.6) is 0 Å². The average molecular weight is 205 g/mol. The van der Waals surface area contributed by atoms with Gasteiger partial charge in [0.2, 0.25) is 0 Å². The lowest BCUT2D eigenvalue weighted by atomic mass is 10.3. The molecule has 0 saturated heterocycles. The maximum atomic E-state index is 11.3. The monoisotopic (exact) mass is 205 g/mol. The number of H-pyrrole nitrogens is 1. The third kappa shape index (κ3) is 1.79. The first-order valence-electron chi connectivity index (χ1n) is 4.47. The van der Waals surface area contributed by atoms with Gasteiger partial charge in [0.25, 0.3) is 5.56 Å². The molecule has 0 atom stereocenters. The molecule has 2 aromatic rings. The van der Waals surface area contributed by atoms with Crippen LogP contribution in [0.4, 0.5) is 0 Å². The number of aryl methyl sites for hydroxylation is 1. The number of nitrogens with two attached hydrogens (primary N) is 1. The second-order valence-corrected chi connectivity index (χ2v) is 3.18. The molecule has 78 valence electrons. The minimum absolute atomic E-state index is 0.207. The molecule has 0 radical (unpaired) electrons. The van der Waals surface area contributed by atoms with E-state index in [0.29, 0.717) is 11.5 Å². The highest BCUT2D eigenvalue weighted by Crippen LogP contribution is 2.10. The van der Waals surface area contributed by atoms with Crippen molar-refractivity contribution in [1.29, 1.82) is 0 Å². The van der Waals surface area contributed by atoms with Crippen LogP contribution in [0.1, 0.15) is 5.69 Å². The summed E-state index contributed by atoms with van der Waals surface area (Å²) in [5.41, 5.74) is 6.55.